The van der Waals surface area contributed by atoms with Crippen molar-refractivity contribution in [2.45, 2.75) is 0 Å². The summed E-state index contributed by atoms with van der Waals surface area (Å²) in [5.74, 6) is -0.424. The Morgan fingerprint density at radius 1 is 1.64 bits per heavy atom. The monoisotopic (exact) mass is 306 g/mol. The van der Waals surface area contributed by atoms with E-state index in [9.17, 15) is 15.2 Å². The molecule has 0 heterocycles. The molecule has 0 atom stereocenters. The summed E-state index contributed by atoms with van der Waals surface area (Å²) in [6.07, 6.45) is 0. The van der Waals surface area contributed by atoms with Gasteiger partial charge in [-0.05, 0) is 34.2 Å². The lowest BCUT2D eigenvalue weighted by atomic mass is 10.2. The molecule has 0 radical (unpaired) electrons. The first-order valence-electron chi connectivity index (χ1n) is 3.28. The molecule has 0 fully saturated rings. The van der Waals surface area contributed by atoms with Crippen molar-refractivity contribution in [1.29, 1.82) is 0 Å². The Hall–Kier alpha value is -1.54. The molecule has 7 nitrogen and oxygen atoms in total. The van der Waals surface area contributed by atoms with Crippen LogP contribution >= 0.6 is 22.6 Å². The summed E-state index contributed by atoms with van der Waals surface area (Å²) < 4.78 is 0.263. The molecule has 14 heavy (non-hydrogen) atoms. The van der Waals surface area contributed by atoms with Crippen LogP contribution < -0.4 is 0 Å². The lowest BCUT2D eigenvalue weighted by Crippen LogP contribution is -1.89. The van der Waals surface area contributed by atoms with Gasteiger partial charge in [-0.15, -0.1) is 0 Å². The molecule has 72 valence electrons. The highest BCUT2D eigenvalue weighted by atomic mass is 127. The Morgan fingerprint density at radius 3 is 2.79 bits per heavy atom. The quantitative estimate of drug-likeness (QED) is 0.226. The number of halogens is 1. The van der Waals surface area contributed by atoms with Gasteiger partial charge in [0.2, 0.25) is 5.75 Å². The summed E-state index contributed by atoms with van der Waals surface area (Å²) in [6.45, 7) is 0. The van der Waals surface area contributed by atoms with Gasteiger partial charge in [0, 0.05) is 16.7 Å². The molecular weight excluding hydrogens is 303 g/mol. The Kier molecular flexibility index (Phi) is 3.10. The van der Waals surface area contributed by atoms with E-state index in [1.54, 1.807) is 22.6 Å². The van der Waals surface area contributed by atoms with Crippen LogP contribution in [0.15, 0.2) is 17.2 Å². The van der Waals surface area contributed by atoms with E-state index >= 15 is 0 Å². The third-order valence-electron chi connectivity index (χ3n) is 1.38. The van der Waals surface area contributed by atoms with Crippen LogP contribution in [-0.2, 0) is 0 Å². The van der Waals surface area contributed by atoms with Crippen molar-refractivity contribution in [2.75, 3.05) is 0 Å². The molecule has 0 saturated carbocycles. The summed E-state index contributed by atoms with van der Waals surface area (Å²) in [6, 6.07) is 2.36. The third-order valence-corrected chi connectivity index (χ3v) is 2.21. The Bertz CT molecular complexity index is 441. The molecule has 0 unspecified atom stereocenters. The number of hydrogen-bond donors (Lipinski definition) is 1. The van der Waals surface area contributed by atoms with Gasteiger partial charge in [0.05, 0.1) is 8.49 Å². The van der Waals surface area contributed by atoms with Gasteiger partial charge < -0.3 is 5.11 Å². The van der Waals surface area contributed by atoms with Crippen LogP contribution in [0.2, 0.25) is 0 Å². The van der Waals surface area contributed by atoms with Gasteiger partial charge in [0.1, 0.15) is 0 Å². The Balaban J connectivity index is 3.42. The molecular formula is C6H3IN4O3. The predicted molar refractivity (Wildman–Crippen MR) is 56.3 cm³/mol. The van der Waals surface area contributed by atoms with Gasteiger partial charge in [-0.25, -0.2) is 0 Å². The molecule has 0 aromatic heterocycles. The van der Waals surface area contributed by atoms with E-state index in [0.717, 1.165) is 6.07 Å². The fourth-order valence-electron chi connectivity index (χ4n) is 0.819. The number of hydrogen-bond acceptors (Lipinski definition) is 4. The van der Waals surface area contributed by atoms with Crippen LogP contribution in [0, 0.1) is 13.7 Å². The SMILES string of the molecule is [N-]=[N+]=Nc1cc(I)c(O)c([N+](=O)[O-])c1. The predicted octanol–water partition coefficient (Wildman–Crippen LogP) is 2.85. The largest absolute Gasteiger partial charge is 0.501 e. The number of nitro benzene ring substituents is 1. The number of benzene rings is 1. The lowest BCUT2D eigenvalue weighted by Gasteiger charge is -1.99. The number of phenolic OH excluding ortho intramolecular Hbond substituents is 1. The van der Waals surface area contributed by atoms with Crippen LogP contribution in [0.3, 0.4) is 0 Å². The highest BCUT2D eigenvalue weighted by molar-refractivity contribution is 14.1. The van der Waals surface area contributed by atoms with E-state index in [1.165, 1.54) is 6.07 Å². The molecule has 1 rings (SSSR count). The van der Waals surface area contributed by atoms with Crippen molar-refractivity contribution in [3.05, 3.63) is 36.3 Å². The van der Waals surface area contributed by atoms with Gasteiger partial charge in [-0.2, -0.15) is 0 Å². The summed E-state index contributed by atoms with van der Waals surface area (Å²) in [7, 11) is 0. The molecule has 1 aromatic carbocycles. The zero-order valence-electron chi connectivity index (χ0n) is 6.59. The molecule has 0 saturated heterocycles. The fraction of sp³-hybridized carbons (Fsp3) is 0. The maximum Gasteiger partial charge on any atom is 0.312 e. The lowest BCUT2D eigenvalue weighted by molar-refractivity contribution is -0.385. The minimum absolute atomic E-state index is 0.0985. The van der Waals surface area contributed by atoms with E-state index in [2.05, 4.69) is 10.0 Å². The van der Waals surface area contributed by atoms with Crippen LogP contribution in [0.25, 0.3) is 10.4 Å². The maximum absolute atomic E-state index is 10.4. The fourth-order valence-corrected chi connectivity index (χ4v) is 1.41. The summed E-state index contributed by atoms with van der Waals surface area (Å²) in [4.78, 5) is 12.2. The van der Waals surface area contributed by atoms with E-state index < -0.39 is 16.4 Å². The summed E-state index contributed by atoms with van der Waals surface area (Å²) in [5.41, 5.74) is 7.76. The molecule has 8 heteroatoms. The molecule has 1 N–H and O–H groups in total. The van der Waals surface area contributed by atoms with Crippen molar-refractivity contribution in [3.8, 4) is 5.75 Å². The highest BCUT2D eigenvalue weighted by Gasteiger charge is 2.16. The number of rotatable bonds is 2. The van der Waals surface area contributed by atoms with Gasteiger partial charge in [-0.3, -0.25) is 10.1 Å². The van der Waals surface area contributed by atoms with Crippen molar-refractivity contribution in [2.24, 2.45) is 5.11 Å². The molecule has 1 aromatic rings. The average Bonchev–Trinajstić information content (AvgIpc) is 2.11. The van der Waals surface area contributed by atoms with Crippen molar-refractivity contribution in [3.63, 3.8) is 0 Å². The molecule has 0 spiro atoms. The zero-order valence-corrected chi connectivity index (χ0v) is 8.74. The zero-order chi connectivity index (χ0) is 10.7. The van der Waals surface area contributed by atoms with E-state index in [0.29, 0.717) is 0 Å². The molecule has 0 bridgehead atoms. The molecule has 0 aliphatic rings. The van der Waals surface area contributed by atoms with Crippen molar-refractivity contribution in [1.82, 2.24) is 0 Å². The number of nitro groups is 1. The van der Waals surface area contributed by atoms with Crippen LogP contribution in [0.1, 0.15) is 0 Å². The van der Waals surface area contributed by atoms with Crippen LogP contribution in [-0.4, -0.2) is 10.0 Å². The van der Waals surface area contributed by atoms with Gasteiger partial charge in [0.15, 0.2) is 0 Å². The minimum atomic E-state index is -0.742. The number of azide groups is 1. The standard InChI is InChI=1S/C6H3IN4O3/c7-4-1-3(9-10-8)2-5(6(4)12)11(13)14/h1-2,12H. The second-order valence-electron chi connectivity index (χ2n) is 2.24. The maximum atomic E-state index is 10.4. The Labute approximate surface area is 91.3 Å². The van der Waals surface area contributed by atoms with Crippen LogP contribution in [0.5, 0.6) is 5.75 Å². The second kappa shape index (κ2) is 4.11. The van der Waals surface area contributed by atoms with Crippen molar-refractivity contribution >= 4 is 34.0 Å². The summed E-state index contributed by atoms with van der Waals surface area (Å²) in [5, 5.41) is 22.9. The molecule has 0 amide bonds. The first-order chi connectivity index (χ1) is 6.56. The first kappa shape index (κ1) is 10.5. The summed E-state index contributed by atoms with van der Waals surface area (Å²) >= 11 is 1.71. The normalized spacial score (nSPS) is 9.21. The first-order valence-corrected chi connectivity index (χ1v) is 4.36. The van der Waals surface area contributed by atoms with Gasteiger partial charge in [-0.1, -0.05) is 5.11 Å². The number of aromatic hydroxyl groups is 1. The number of nitrogens with zero attached hydrogens (tertiary/aromatic N) is 4. The third kappa shape index (κ3) is 2.03. The van der Waals surface area contributed by atoms with E-state index in [1.807, 2.05) is 0 Å². The van der Waals surface area contributed by atoms with E-state index in [-0.39, 0.29) is 9.26 Å². The van der Waals surface area contributed by atoms with Gasteiger partial charge in [0.25, 0.3) is 0 Å². The molecule has 0 aliphatic carbocycles. The minimum Gasteiger partial charge on any atom is -0.501 e. The topological polar surface area (TPSA) is 112 Å². The average molecular weight is 306 g/mol. The van der Waals surface area contributed by atoms with Gasteiger partial charge >= 0.3 is 5.69 Å². The van der Waals surface area contributed by atoms with Crippen LogP contribution in [0.4, 0.5) is 11.4 Å². The van der Waals surface area contributed by atoms with Crippen molar-refractivity contribution < 1.29 is 10.0 Å². The molecule has 0 aliphatic heterocycles. The smallest absolute Gasteiger partial charge is 0.312 e. The van der Waals surface area contributed by atoms with E-state index in [4.69, 9.17) is 5.53 Å². The second-order valence-corrected chi connectivity index (χ2v) is 3.40. The Morgan fingerprint density at radius 2 is 2.29 bits per heavy atom. The number of phenols is 1. The highest BCUT2D eigenvalue weighted by Crippen LogP contribution is 2.35.